The summed E-state index contributed by atoms with van der Waals surface area (Å²) in [6.07, 6.45) is 3.38. The molecular weight excluding hydrogens is 212 g/mol. The fourth-order valence-corrected chi connectivity index (χ4v) is 2.22. The molecule has 0 aromatic heterocycles. The van der Waals surface area contributed by atoms with E-state index in [0.29, 0.717) is 0 Å². The van der Waals surface area contributed by atoms with Gasteiger partial charge in [-0.25, -0.2) is 0 Å². The Hall–Kier alpha value is -1.70. The molecule has 2 aromatic carbocycles. The van der Waals surface area contributed by atoms with E-state index in [4.69, 9.17) is 9.47 Å². The van der Waals surface area contributed by atoms with Crippen molar-refractivity contribution < 1.29 is 9.47 Å². The minimum absolute atomic E-state index is 0.782. The first-order valence-corrected chi connectivity index (χ1v) is 6.22. The second-order valence-corrected chi connectivity index (χ2v) is 4.37. The number of fused-ring (bicyclic) bond motifs is 3. The van der Waals surface area contributed by atoms with Crippen LogP contribution in [0.4, 0.5) is 0 Å². The lowest BCUT2D eigenvalue weighted by Gasteiger charge is -2.13. The molecule has 0 amide bonds. The maximum absolute atomic E-state index is 5.90. The Balaban J connectivity index is 2.11. The van der Waals surface area contributed by atoms with Crippen molar-refractivity contribution in [1.82, 2.24) is 0 Å². The zero-order valence-electron chi connectivity index (χ0n) is 9.82. The fraction of sp³-hybridized carbons (Fsp3) is 0.333. The monoisotopic (exact) mass is 228 g/mol. The highest BCUT2D eigenvalue weighted by molar-refractivity contribution is 5.90. The summed E-state index contributed by atoms with van der Waals surface area (Å²) in [5, 5.41) is 2.35. The van der Waals surface area contributed by atoms with Crippen LogP contribution in [0.15, 0.2) is 36.4 Å². The molecule has 0 fully saturated rings. The van der Waals surface area contributed by atoms with Crippen molar-refractivity contribution in [1.29, 1.82) is 0 Å². The molecule has 3 rings (SSSR count). The Labute approximate surface area is 101 Å². The second-order valence-electron chi connectivity index (χ2n) is 4.37. The van der Waals surface area contributed by atoms with Gasteiger partial charge in [0.25, 0.3) is 0 Å². The molecule has 2 aromatic rings. The molecule has 0 saturated carbocycles. The molecule has 17 heavy (non-hydrogen) atoms. The molecule has 2 heteroatoms. The van der Waals surface area contributed by atoms with Crippen LogP contribution in [0.1, 0.15) is 19.3 Å². The van der Waals surface area contributed by atoms with Crippen LogP contribution in [0.2, 0.25) is 0 Å². The van der Waals surface area contributed by atoms with E-state index in [0.717, 1.165) is 42.9 Å². The van der Waals surface area contributed by atoms with Gasteiger partial charge in [0.05, 0.1) is 13.2 Å². The third-order valence-electron chi connectivity index (χ3n) is 3.14. The number of hydrogen-bond donors (Lipinski definition) is 0. The Morgan fingerprint density at radius 1 is 0.765 bits per heavy atom. The van der Waals surface area contributed by atoms with E-state index in [-0.39, 0.29) is 0 Å². The first kappa shape index (κ1) is 10.5. The van der Waals surface area contributed by atoms with Crippen molar-refractivity contribution in [3.8, 4) is 11.5 Å². The highest BCUT2D eigenvalue weighted by Gasteiger charge is 2.11. The third kappa shape index (κ3) is 2.07. The molecule has 1 aliphatic heterocycles. The van der Waals surface area contributed by atoms with Crippen LogP contribution >= 0.6 is 0 Å². The van der Waals surface area contributed by atoms with Crippen molar-refractivity contribution in [3.63, 3.8) is 0 Å². The van der Waals surface area contributed by atoms with Gasteiger partial charge in [0.1, 0.15) is 0 Å². The zero-order chi connectivity index (χ0) is 11.5. The smallest absolute Gasteiger partial charge is 0.168 e. The van der Waals surface area contributed by atoms with Gasteiger partial charge in [-0.2, -0.15) is 0 Å². The molecule has 1 aliphatic rings. The summed E-state index contributed by atoms with van der Waals surface area (Å²) in [5.74, 6) is 1.79. The molecule has 0 unspecified atom stereocenters. The van der Waals surface area contributed by atoms with Gasteiger partial charge in [-0.1, -0.05) is 30.3 Å². The van der Waals surface area contributed by atoms with Gasteiger partial charge in [0.2, 0.25) is 0 Å². The molecule has 0 aliphatic carbocycles. The lowest BCUT2D eigenvalue weighted by Crippen LogP contribution is -1.98. The summed E-state index contributed by atoms with van der Waals surface area (Å²) < 4.78 is 11.7. The van der Waals surface area contributed by atoms with Crippen LogP contribution < -0.4 is 9.47 Å². The highest BCUT2D eigenvalue weighted by Crippen LogP contribution is 2.36. The van der Waals surface area contributed by atoms with E-state index >= 15 is 0 Å². The average molecular weight is 228 g/mol. The third-order valence-corrected chi connectivity index (χ3v) is 3.14. The molecule has 0 atom stereocenters. The largest absolute Gasteiger partial charge is 0.490 e. The first-order chi connectivity index (χ1) is 8.45. The average Bonchev–Trinajstić information content (AvgIpc) is 2.50. The lowest BCUT2D eigenvalue weighted by atomic mass is 10.1. The van der Waals surface area contributed by atoms with Crippen LogP contribution in [0.25, 0.3) is 10.8 Å². The summed E-state index contributed by atoms with van der Waals surface area (Å²) in [7, 11) is 0. The predicted octanol–water partition coefficient (Wildman–Crippen LogP) is 3.78. The molecule has 0 spiro atoms. The van der Waals surface area contributed by atoms with Gasteiger partial charge in [0.15, 0.2) is 11.5 Å². The van der Waals surface area contributed by atoms with Crippen LogP contribution in [-0.2, 0) is 0 Å². The SMILES string of the molecule is c1ccc2c3c(ccc2c1)OCCCCCO3. The second kappa shape index (κ2) is 4.66. The van der Waals surface area contributed by atoms with E-state index in [1.807, 2.05) is 18.2 Å². The summed E-state index contributed by atoms with van der Waals surface area (Å²) >= 11 is 0. The molecular formula is C15H16O2. The van der Waals surface area contributed by atoms with Crippen LogP contribution in [0.3, 0.4) is 0 Å². The number of rotatable bonds is 0. The van der Waals surface area contributed by atoms with Gasteiger partial charge < -0.3 is 9.47 Å². The standard InChI is InChI=1S/C15H16O2/c1-4-10-16-14-9-8-12-6-2-3-7-13(12)15(14)17-11-5-1/h2-3,6-9H,1,4-5,10-11H2. The molecule has 2 nitrogen and oxygen atoms in total. The van der Waals surface area contributed by atoms with Gasteiger partial charge in [-0.15, -0.1) is 0 Å². The zero-order valence-corrected chi connectivity index (χ0v) is 9.82. The van der Waals surface area contributed by atoms with Gasteiger partial charge >= 0.3 is 0 Å². The molecule has 1 heterocycles. The number of ether oxygens (including phenoxy) is 2. The van der Waals surface area contributed by atoms with Crippen molar-refractivity contribution in [2.24, 2.45) is 0 Å². The summed E-state index contributed by atoms with van der Waals surface area (Å²) in [4.78, 5) is 0. The van der Waals surface area contributed by atoms with E-state index in [1.165, 1.54) is 11.8 Å². The topological polar surface area (TPSA) is 18.5 Å². The van der Waals surface area contributed by atoms with Gasteiger partial charge in [-0.3, -0.25) is 0 Å². The highest BCUT2D eigenvalue weighted by atomic mass is 16.5. The Kier molecular flexibility index (Phi) is 2.87. The summed E-state index contributed by atoms with van der Waals surface area (Å²) in [6, 6.07) is 12.4. The fourth-order valence-electron chi connectivity index (χ4n) is 2.22. The molecule has 0 radical (unpaired) electrons. The van der Waals surface area contributed by atoms with Crippen molar-refractivity contribution in [3.05, 3.63) is 36.4 Å². The first-order valence-electron chi connectivity index (χ1n) is 6.22. The Morgan fingerprint density at radius 2 is 1.59 bits per heavy atom. The number of hydrogen-bond acceptors (Lipinski definition) is 2. The van der Waals surface area contributed by atoms with Crippen molar-refractivity contribution in [2.75, 3.05) is 13.2 Å². The summed E-state index contributed by atoms with van der Waals surface area (Å²) in [5.41, 5.74) is 0. The lowest BCUT2D eigenvalue weighted by molar-refractivity contribution is 0.291. The van der Waals surface area contributed by atoms with E-state index in [2.05, 4.69) is 18.2 Å². The van der Waals surface area contributed by atoms with E-state index in [1.54, 1.807) is 0 Å². The van der Waals surface area contributed by atoms with Crippen molar-refractivity contribution in [2.45, 2.75) is 19.3 Å². The minimum Gasteiger partial charge on any atom is -0.490 e. The van der Waals surface area contributed by atoms with Crippen LogP contribution in [0, 0.1) is 0 Å². The molecule has 88 valence electrons. The Morgan fingerprint density at radius 3 is 2.53 bits per heavy atom. The maximum Gasteiger partial charge on any atom is 0.168 e. The van der Waals surface area contributed by atoms with Crippen LogP contribution in [0.5, 0.6) is 11.5 Å². The molecule has 0 saturated heterocycles. The summed E-state index contributed by atoms with van der Waals surface area (Å²) in [6.45, 7) is 1.57. The van der Waals surface area contributed by atoms with Gasteiger partial charge in [-0.05, 0) is 30.7 Å². The van der Waals surface area contributed by atoms with E-state index < -0.39 is 0 Å². The number of benzene rings is 2. The molecule has 0 bridgehead atoms. The Bertz CT molecular complexity index is 519. The van der Waals surface area contributed by atoms with Gasteiger partial charge in [0, 0.05) is 5.39 Å². The normalized spacial score (nSPS) is 16.0. The predicted molar refractivity (Wildman–Crippen MR) is 68.8 cm³/mol. The minimum atomic E-state index is 0.782. The maximum atomic E-state index is 5.90. The van der Waals surface area contributed by atoms with E-state index in [9.17, 15) is 0 Å². The van der Waals surface area contributed by atoms with Crippen LogP contribution in [-0.4, -0.2) is 13.2 Å². The quantitative estimate of drug-likeness (QED) is 0.683. The molecule has 0 N–H and O–H groups in total. The van der Waals surface area contributed by atoms with Crippen molar-refractivity contribution >= 4 is 10.8 Å².